The van der Waals surface area contributed by atoms with Gasteiger partial charge in [-0.1, -0.05) is 0 Å². The number of nitrogens with one attached hydrogen (secondary N) is 1. The van der Waals surface area contributed by atoms with Crippen molar-refractivity contribution < 1.29 is 14.3 Å². The molecule has 2 aliphatic rings. The van der Waals surface area contributed by atoms with Crippen LogP contribution in [0.15, 0.2) is 0 Å². The lowest BCUT2D eigenvalue weighted by Gasteiger charge is -2.13. The van der Waals surface area contributed by atoms with Crippen LogP contribution in [0.25, 0.3) is 0 Å². The third-order valence-electron chi connectivity index (χ3n) is 2.79. The fourth-order valence-corrected chi connectivity index (χ4v) is 2.00. The number of carbonyl (C=O) groups is 1. The Balaban J connectivity index is 1.72. The minimum atomic E-state index is -0.116. The molecule has 3 atom stereocenters. The highest BCUT2D eigenvalue weighted by Gasteiger charge is 2.32. The van der Waals surface area contributed by atoms with E-state index in [0.717, 1.165) is 32.4 Å². The topological polar surface area (TPSA) is 47.6 Å². The van der Waals surface area contributed by atoms with Crippen LogP contribution in [0.2, 0.25) is 0 Å². The van der Waals surface area contributed by atoms with Crippen LogP contribution in [0.5, 0.6) is 0 Å². The van der Waals surface area contributed by atoms with Crippen LogP contribution in [0.4, 0.5) is 0 Å². The van der Waals surface area contributed by atoms with E-state index < -0.39 is 0 Å². The number of carbonyl (C=O) groups excluding carboxylic acids is 1. The van der Waals surface area contributed by atoms with Gasteiger partial charge in [0.05, 0.1) is 6.10 Å². The molecule has 4 nitrogen and oxygen atoms in total. The van der Waals surface area contributed by atoms with Gasteiger partial charge in [0.25, 0.3) is 0 Å². The summed E-state index contributed by atoms with van der Waals surface area (Å²) in [5, 5.41) is 3.20. The molecule has 0 aromatic carbocycles. The van der Waals surface area contributed by atoms with Gasteiger partial charge >= 0.3 is 5.97 Å². The van der Waals surface area contributed by atoms with Gasteiger partial charge in [-0.15, -0.1) is 0 Å². The smallest absolute Gasteiger partial charge is 0.323 e. The van der Waals surface area contributed by atoms with Crippen molar-refractivity contribution in [3.8, 4) is 0 Å². The molecule has 0 aromatic rings. The van der Waals surface area contributed by atoms with E-state index in [-0.39, 0.29) is 18.1 Å². The first-order valence-electron chi connectivity index (χ1n) is 5.31. The highest BCUT2D eigenvalue weighted by atomic mass is 16.6. The lowest BCUT2D eigenvalue weighted by molar-refractivity contribution is -0.142. The number of rotatable bonds is 3. The molecule has 2 heterocycles. The van der Waals surface area contributed by atoms with Crippen molar-refractivity contribution in [2.24, 2.45) is 0 Å². The number of cyclic esters (lactones) is 1. The first kappa shape index (κ1) is 9.93. The molecular weight excluding hydrogens is 182 g/mol. The van der Waals surface area contributed by atoms with Gasteiger partial charge in [0.2, 0.25) is 0 Å². The second-order valence-electron chi connectivity index (χ2n) is 4.08. The van der Waals surface area contributed by atoms with E-state index >= 15 is 0 Å². The molecular formula is C10H17NO3. The predicted octanol–water partition coefficient (Wildman–Crippen LogP) is 0.459. The van der Waals surface area contributed by atoms with Crippen LogP contribution in [0.1, 0.15) is 26.2 Å². The number of esters is 1. The summed E-state index contributed by atoms with van der Waals surface area (Å²) in [6.07, 6.45) is 3.37. The third kappa shape index (κ3) is 2.25. The van der Waals surface area contributed by atoms with Crippen LogP contribution in [0, 0.1) is 0 Å². The molecule has 0 amide bonds. The highest BCUT2D eigenvalue weighted by Crippen LogP contribution is 2.15. The Morgan fingerprint density at radius 1 is 1.57 bits per heavy atom. The minimum absolute atomic E-state index is 0.0597. The lowest BCUT2D eigenvalue weighted by Crippen LogP contribution is -2.38. The maximum Gasteiger partial charge on any atom is 0.323 e. The van der Waals surface area contributed by atoms with Gasteiger partial charge in [0, 0.05) is 19.6 Å². The van der Waals surface area contributed by atoms with Crippen LogP contribution in [-0.4, -0.2) is 37.4 Å². The zero-order chi connectivity index (χ0) is 9.97. The summed E-state index contributed by atoms with van der Waals surface area (Å²) in [6.45, 7) is 3.55. The van der Waals surface area contributed by atoms with Crippen molar-refractivity contribution in [1.29, 1.82) is 0 Å². The lowest BCUT2D eigenvalue weighted by atomic mass is 10.1. The van der Waals surface area contributed by atoms with Crippen molar-refractivity contribution in [3.05, 3.63) is 0 Å². The molecule has 2 rings (SSSR count). The fourth-order valence-electron chi connectivity index (χ4n) is 2.00. The Morgan fingerprint density at radius 3 is 3.00 bits per heavy atom. The first-order chi connectivity index (χ1) is 6.75. The number of hydrogen-bond donors (Lipinski definition) is 1. The molecule has 0 radical (unpaired) electrons. The van der Waals surface area contributed by atoms with Crippen LogP contribution < -0.4 is 5.32 Å². The summed E-state index contributed by atoms with van der Waals surface area (Å²) in [5.41, 5.74) is 0. The summed E-state index contributed by atoms with van der Waals surface area (Å²) in [5.74, 6) is -0.115. The second-order valence-corrected chi connectivity index (χ2v) is 4.08. The third-order valence-corrected chi connectivity index (χ3v) is 2.79. The summed E-state index contributed by atoms with van der Waals surface area (Å²) in [6, 6.07) is -0.116. The first-order valence-corrected chi connectivity index (χ1v) is 5.31. The molecule has 2 aliphatic heterocycles. The Morgan fingerprint density at radius 2 is 2.43 bits per heavy atom. The molecule has 1 N–H and O–H groups in total. The Labute approximate surface area is 84.0 Å². The largest absolute Gasteiger partial charge is 0.461 e. The maximum absolute atomic E-state index is 11.3. The van der Waals surface area contributed by atoms with Gasteiger partial charge in [-0.2, -0.15) is 0 Å². The summed E-state index contributed by atoms with van der Waals surface area (Å²) in [7, 11) is 0. The molecule has 0 bridgehead atoms. The molecule has 0 saturated carbocycles. The van der Waals surface area contributed by atoms with Gasteiger partial charge in [-0.3, -0.25) is 4.79 Å². The van der Waals surface area contributed by atoms with Crippen LogP contribution in [0.3, 0.4) is 0 Å². The predicted molar refractivity (Wildman–Crippen MR) is 50.9 cm³/mol. The van der Waals surface area contributed by atoms with Crippen LogP contribution in [-0.2, 0) is 14.3 Å². The molecule has 0 aromatic heterocycles. The van der Waals surface area contributed by atoms with E-state index in [1.165, 1.54) is 0 Å². The van der Waals surface area contributed by atoms with E-state index in [4.69, 9.17) is 9.47 Å². The van der Waals surface area contributed by atoms with E-state index in [1.54, 1.807) is 0 Å². The van der Waals surface area contributed by atoms with E-state index in [9.17, 15) is 4.79 Å². The van der Waals surface area contributed by atoms with E-state index in [2.05, 4.69) is 5.32 Å². The van der Waals surface area contributed by atoms with Gasteiger partial charge < -0.3 is 14.8 Å². The van der Waals surface area contributed by atoms with Gasteiger partial charge in [0.15, 0.2) is 0 Å². The standard InChI is InChI=1S/C10H17NO3/c1-7-5-9(10(12)14-7)11-6-8-3-2-4-13-8/h7-9,11H,2-6H2,1H3. The highest BCUT2D eigenvalue weighted by molar-refractivity contribution is 5.77. The molecule has 3 unspecified atom stereocenters. The number of ether oxygens (including phenoxy) is 2. The molecule has 80 valence electrons. The van der Waals surface area contributed by atoms with Crippen molar-refractivity contribution in [1.82, 2.24) is 5.32 Å². The van der Waals surface area contributed by atoms with Gasteiger partial charge in [-0.25, -0.2) is 0 Å². The maximum atomic E-state index is 11.3. The monoisotopic (exact) mass is 199 g/mol. The molecule has 2 fully saturated rings. The van der Waals surface area contributed by atoms with Crippen molar-refractivity contribution in [3.63, 3.8) is 0 Å². The normalized spacial score (nSPS) is 37.5. The van der Waals surface area contributed by atoms with Gasteiger partial charge in [0.1, 0.15) is 12.1 Å². The van der Waals surface area contributed by atoms with E-state index in [0.29, 0.717) is 6.10 Å². The van der Waals surface area contributed by atoms with Gasteiger partial charge in [-0.05, 0) is 19.8 Å². The molecule has 4 heteroatoms. The summed E-state index contributed by atoms with van der Waals surface area (Å²) >= 11 is 0. The Hall–Kier alpha value is -0.610. The van der Waals surface area contributed by atoms with Crippen LogP contribution >= 0.6 is 0 Å². The molecule has 0 aliphatic carbocycles. The fraction of sp³-hybridized carbons (Fsp3) is 0.900. The minimum Gasteiger partial charge on any atom is -0.461 e. The summed E-state index contributed by atoms with van der Waals surface area (Å²) in [4.78, 5) is 11.3. The Kier molecular flexibility index (Phi) is 3.03. The van der Waals surface area contributed by atoms with Crippen molar-refractivity contribution >= 4 is 5.97 Å². The zero-order valence-corrected chi connectivity index (χ0v) is 8.49. The quantitative estimate of drug-likeness (QED) is 0.671. The second kappa shape index (κ2) is 4.28. The SMILES string of the molecule is CC1CC(NCC2CCCO2)C(=O)O1. The molecule has 0 spiro atoms. The van der Waals surface area contributed by atoms with Crippen molar-refractivity contribution in [2.75, 3.05) is 13.2 Å². The number of hydrogen-bond acceptors (Lipinski definition) is 4. The van der Waals surface area contributed by atoms with E-state index in [1.807, 2.05) is 6.92 Å². The average Bonchev–Trinajstić information content (AvgIpc) is 2.72. The zero-order valence-electron chi connectivity index (χ0n) is 8.49. The molecule has 14 heavy (non-hydrogen) atoms. The Bertz CT molecular complexity index is 213. The van der Waals surface area contributed by atoms with Crippen molar-refractivity contribution in [2.45, 2.75) is 44.4 Å². The average molecular weight is 199 g/mol. The molecule has 2 saturated heterocycles. The summed E-state index contributed by atoms with van der Waals surface area (Å²) < 4.78 is 10.5.